The smallest absolute Gasteiger partial charge is 0.314 e. The van der Waals surface area contributed by atoms with Gasteiger partial charge in [-0.1, -0.05) is 6.08 Å². The minimum absolute atomic E-state index is 0.286. The van der Waals surface area contributed by atoms with Gasteiger partial charge in [0.05, 0.1) is 0 Å². The zero-order valence-electron chi connectivity index (χ0n) is 7.41. The average Bonchev–Trinajstić information content (AvgIpc) is 2.15. The van der Waals surface area contributed by atoms with E-state index in [1.165, 1.54) is 5.43 Å². The number of amides is 1. The lowest BCUT2D eigenvalue weighted by molar-refractivity contribution is -0.149. The fraction of sp³-hybridized carbons (Fsp3) is 0.250. The summed E-state index contributed by atoms with van der Waals surface area (Å²) in [6.45, 7) is 0. The molecule has 82 valence electrons. The highest BCUT2D eigenvalue weighted by molar-refractivity contribution is 5.94. The van der Waals surface area contributed by atoms with Gasteiger partial charge < -0.3 is 5.11 Å². The third-order valence-electron chi connectivity index (χ3n) is 1.99. The first kappa shape index (κ1) is 11.3. The predicted octanol–water partition coefficient (Wildman–Crippen LogP) is -0.191. The molecule has 0 aromatic carbocycles. The van der Waals surface area contributed by atoms with Crippen LogP contribution >= 0.6 is 0 Å². The number of nitrogens with two attached hydrogens (primary N) is 1. The van der Waals surface area contributed by atoms with E-state index in [-0.39, 0.29) is 6.08 Å². The van der Waals surface area contributed by atoms with E-state index in [1.54, 1.807) is 0 Å². The highest BCUT2D eigenvalue weighted by atomic mass is 19.1. The Kier molecular flexibility index (Phi) is 2.85. The van der Waals surface area contributed by atoms with Gasteiger partial charge in [0.25, 0.3) is 5.91 Å². The molecule has 4 N–H and O–H groups in total. The average molecular weight is 218 g/mol. The standard InChI is InChI=1S/C8H8F2N2O3/c9-4-1-2-5(6(13)14)8(10,3-4)7(15)12-11/h1-3,5H,11H2,(H,12,15)(H,13,14)/t5-,8-/m1/s1. The van der Waals surface area contributed by atoms with Crippen molar-refractivity contribution in [3.05, 3.63) is 24.1 Å². The van der Waals surface area contributed by atoms with Crippen LogP contribution in [0.5, 0.6) is 0 Å². The van der Waals surface area contributed by atoms with Crippen LogP contribution in [0.25, 0.3) is 0 Å². The maximum atomic E-state index is 13.9. The van der Waals surface area contributed by atoms with Gasteiger partial charge in [-0.2, -0.15) is 0 Å². The van der Waals surface area contributed by atoms with Crippen LogP contribution in [-0.4, -0.2) is 22.7 Å². The number of hydrazine groups is 1. The summed E-state index contributed by atoms with van der Waals surface area (Å²) in [6, 6.07) is 0. The Morgan fingerprint density at radius 1 is 1.60 bits per heavy atom. The maximum absolute atomic E-state index is 13.9. The highest BCUT2D eigenvalue weighted by Crippen LogP contribution is 2.32. The van der Waals surface area contributed by atoms with Crippen molar-refractivity contribution in [3.63, 3.8) is 0 Å². The molecule has 0 heterocycles. The number of nitrogens with one attached hydrogen (secondary N) is 1. The summed E-state index contributed by atoms with van der Waals surface area (Å²) in [4.78, 5) is 21.7. The minimum atomic E-state index is -3.00. The zero-order valence-corrected chi connectivity index (χ0v) is 7.41. The Balaban J connectivity index is 3.16. The first-order chi connectivity index (χ1) is 6.91. The number of rotatable bonds is 2. The second-order valence-corrected chi connectivity index (χ2v) is 2.95. The SMILES string of the molecule is NNC(=O)[C@@]1(F)C=C(F)C=C[C@@H]1C(=O)O. The first-order valence-corrected chi connectivity index (χ1v) is 3.91. The van der Waals surface area contributed by atoms with Crippen LogP contribution < -0.4 is 11.3 Å². The number of halogens is 2. The summed E-state index contributed by atoms with van der Waals surface area (Å²) in [5.74, 6) is -1.12. The van der Waals surface area contributed by atoms with Gasteiger partial charge in [-0.25, -0.2) is 14.6 Å². The molecule has 2 atom stereocenters. The van der Waals surface area contributed by atoms with E-state index < -0.39 is 29.3 Å². The van der Waals surface area contributed by atoms with Crippen molar-refractivity contribution in [1.82, 2.24) is 5.43 Å². The van der Waals surface area contributed by atoms with E-state index in [0.29, 0.717) is 0 Å². The van der Waals surface area contributed by atoms with E-state index >= 15 is 0 Å². The molecule has 0 saturated heterocycles. The molecule has 0 fully saturated rings. The van der Waals surface area contributed by atoms with Gasteiger partial charge in [0.1, 0.15) is 11.7 Å². The molecule has 0 spiro atoms. The lowest BCUT2D eigenvalue weighted by Gasteiger charge is -2.26. The van der Waals surface area contributed by atoms with Gasteiger partial charge in [-0.3, -0.25) is 15.0 Å². The molecular formula is C8H8F2N2O3. The molecule has 0 bridgehead atoms. The second-order valence-electron chi connectivity index (χ2n) is 2.95. The number of alkyl halides is 1. The fourth-order valence-electron chi connectivity index (χ4n) is 1.25. The van der Waals surface area contributed by atoms with Crippen LogP contribution in [0.2, 0.25) is 0 Å². The number of allylic oxidation sites excluding steroid dienone is 2. The van der Waals surface area contributed by atoms with Crippen molar-refractivity contribution in [2.24, 2.45) is 11.8 Å². The monoisotopic (exact) mass is 218 g/mol. The Labute approximate surface area is 83.2 Å². The maximum Gasteiger partial charge on any atom is 0.314 e. The van der Waals surface area contributed by atoms with Gasteiger partial charge in [0.15, 0.2) is 0 Å². The molecule has 0 aromatic rings. The number of carboxylic acids is 1. The molecule has 1 aliphatic carbocycles. The van der Waals surface area contributed by atoms with Gasteiger partial charge in [-0.15, -0.1) is 0 Å². The molecule has 1 amide bonds. The van der Waals surface area contributed by atoms with Crippen LogP contribution in [0.15, 0.2) is 24.1 Å². The summed E-state index contributed by atoms with van der Waals surface area (Å²) < 4.78 is 26.6. The highest BCUT2D eigenvalue weighted by Gasteiger charge is 2.49. The van der Waals surface area contributed by atoms with Gasteiger partial charge in [-0.05, 0) is 12.2 Å². The Bertz CT molecular complexity index is 367. The van der Waals surface area contributed by atoms with E-state index in [0.717, 1.165) is 12.2 Å². The topological polar surface area (TPSA) is 92.4 Å². The normalized spacial score (nSPS) is 29.5. The summed E-state index contributed by atoms with van der Waals surface area (Å²) in [5.41, 5.74) is -1.54. The molecule has 5 nitrogen and oxygen atoms in total. The second kappa shape index (κ2) is 3.77. The predicted molar refractivity (Wildman–Crippen MR) is 45.6 cm³/mol. The zero-order chi connectivity index (χ0) is 11.6. The fourth-order valence-corrected chi connectivity index (χ4v) is 1.25. The van der Waals surface area contributed by atoms with E-state index in [9.17, 15) is 18.4 Å². The molecule has 0 unspecified atom stereocenters. The third-order valence-corrected chi connectivity index (χ3v) is 1.99. The molecule has 0 saturated carbocycles. The van der Waals surface area contributed by atoms with Gasteiger partial charge >= 0.3 is 5.97 Å². The van der Waals surface area contributed by atoms with Crippen molar-refractivity contribution in [2.75, 3.05) is 0 Å². The Morgan fingerprint density at radius 2 is 2.20 bits per heavy atom. The van der Waals surface area contributed by atoms with Crippen LogP contribution in [0.1, 0.15) is 0 Å². The Morgan fingerprint density at radius 3 is 2.67 bits per heavy atom. The van der Waals surface area contributed by atoms with Crippen molar-refractivity contribution < 1.29 is 23.5 Å². The van der Waals surface area contributed by atoms with Crippen molar-refractivity contribution >= 4 is 11.9 Å². The van der Waals surface area contributed by atoms with Crippen LogP contribution in [0, 0.1) is 5.92 Å². The van der Waals surface area contributed by atoms with E-state index in [2.05, 4.69) is 5.84 Å². The lowest BCUT2D eigenvalue weighted by Crippen LogP contribution is -2.52. The van der Waals surface area contributed by atoms with Crippen molar-refractivity contribution in [2.45, 2.75) is 5.67 Å². The molecule has 15 heavy (non-hydrogen) atoms. The molecule has 7 heteroatoms. The summed E-state index contributed by atoms with van der Waals surface area (Å²) in [6.07, 6.45) is 1.82. The number of carboxylic acid groups (broad SMARTS) is 1. The summed E-state index contributed by atoms with van der Waals surface area (Å²) in [7, 11) is 0. The quantitative estimate of drug-likeness (QED) is 0.340. The van der Waals surface area contributed by atoms with Gasteiger partial charge in [0.2, 0.25) is 5.67 Å². The summed E-state index contributed by atoms with van der Waals surface area (Å²) >= 11 is 0. The minimum Gasteiger partial charge on any atom is -0.481 e. The van der Waals surface area contributed by atoms with Crippen LogP contribution in [0.4, 0.5) is 8.78 Å². The molecule has 1 rings (SSSR count). The number of aliphatic carboxylic acids is 1. The number of carbonyl (C=O) groups excluding carboxylic acids is 1. The molecule has 0 aliphatic heterocycles. The third kappa shape index (κ3) is 1.86. The van der Waals surface area contributed by atoms with E-state index in [1.807, 2.05) is 0 Å². The molecular weight excluding hydrogens is 210 g/mol. The van der Waals surface area contributed by atoms with Crippen LogP contribution in [0.3, 0.4) is 0 Å². The number of hydrogen-bond acceptors (Lipinski definition) is 3. The lowest BCUT2D eigenvalue weighted by atomic mass is 9.84. The van der Waals surface area contributed by atoms with Crippen molar-refractivity contribution in [1.29, 1.82) is 0 Å². The molecule has 0 radical (unpaired) electrons. The van der Waals surface area contributed by atoms with Crippen LogP contribution in [-0.2, 0) is 9.59 Å². The van der Waals surface area contributed by atoms with Gasteiger partial charge in [0, 0.05) is 0 Å². The number of hydrogen-bond donors (Lipinski definition) is 3. The number of carbonyl (C=O) groups is 2. The largest absolute Gasteiger partial charge is 0.481 e. The van der Waals surface area contributed by atoms with E-state index in [4.69, 9.17) is 5.11 Å². The molecule has 1 aliphatic rings. The first-order valence-electron chi connectivity index (χ1n) is 3.91. The molecule has 0 aromatic heterocycles. The summed E-state index contributed by atoms with van der Waals surface area (Å²) in [5, 5.41) is 8.64. The van der Waals surface area contributed by atoms with Crippen molar-refractivity contribution in [3.8, 4) is 0 Å². The Hall–Kier alpha value is -1.76.